The first-order valence-electron chi connectivity index (χ1n) is 9.38. The van der Waals surface area contributed by atoms with E-state index in [1.54, 1.807) is 12.1 Å². The lowest BCUT2D eigenvalue weighted by Crippen LogP contribution is -2.37. The molecule has 3 aromatic rings. The van der Waals surface area contributed by atoms with Crippen molar-refractivity contribution in [3.63, 3.8) is 0 Å². The molecule has 0 saturated carbocycles. The molecule has 0 bridgehead atoms. The number of ether oxygens (including phenoxy) is 1. The van der Waals surface area contributed by atoms with E-state index in [0.29, 0.717) is 18.2 Å². The zero-order chi connectivity index (χ0) is 20.2. The van der Waals surface area contributed by atoms with Crippen LogP contribution in [-0.2, 0) is 9.53 Å². The van der Waals surface area contributed by atoms with Gasteiger partial charge in [0.05, 0.1) is 30.0 Å². The van der Waals surface area contributed by atoms with Gasteiger partial charge in [-0.1, -0.05) is 41.6 Å². The van der Waals surface area contributed by atoms with Crippen LogP contribution in [0.2, 0.25) is 5.02 Å². The molecule has 0 radical (unpaired) electrons. The molecule has 1 fully saturated rings. The van der Waals surface area contributed by atoms with Crippen molar-refractivity contribution < 1.29 is 9.53 Å². The number of halogens is 1. The highest BCUT2D eigenvalue weighted by Gasteiger charge is 2.20. The number of nitrogens with zero attached hydrogens (tertiary/aromatic N) is 3. The monoisotopic (exact) mass is 428 g/mol. The molecule has 1 aromatic heterocycles. The third-order valence-electron chi connectivity index (χ3n) is 4.65. The number of fused-ring (bicyclic) bond motifs is 1. The van der Waals surface area contributed by atoms with Gasteiger partial charge in [-0.15, -0.1) is 0 Å². The molecule has 1 aliphatic heterocycles. The molecule has 29 heavy (non-hydrogen) atoms. The van der Waals surface area contributed by atoms with E-state index in [0.717, 1.165) is 46.2 Å². The van der Waals surface area contributed by atoms with Crippen molar-refractivity contribution in [2.24, 2.45) is 0 Å². The number of aryl methyl sites for hydroxylation is 1. The van der Waals surface area contributed by atoms with Crippen molar-refractivity contribution in [3.05, 3.63) is 53.1 Å². The van der Waals surface area contributed by atoms with Crippen molar-refractivity contribution in [2.75, 3.05) is 42.3 Å². The Bertz CT molecular complexity index is 1040. The van der Waals surface area contributed by atoms with E-state index in [4.69, 9.17) is 26.3 Å². The summed E-state index contributed by atoms with van der Waals surface area (Å²) in [7, 11) is 0. The van der Waals surface area contributed by atoms with Crippen molar-refractivity contribution in [1.29, 1.82) is 0 Å². The highest BCUT2D eigenvalue weighted by molar-refractivity contribution is 8.00. The van der Waals surface area contributed by atoms with E-state index in [9.17, 15) is 4.79 Å². The van der Waals surface area contributed by atoms with Crippen LogP contribution < -0.4 is 10.2 Å². The summed E-state index contributed by atoms with van der Waals surface area (Å²) in [5, 5.41) is 4.28. The zero-order valence-electron chi connectivity index (χ0n) is 16.0. The Balaban J connectivity index is 1.54. The van der Waals surface area contributed by atoms with E-state index in [2.05, 4.69) is 10.2 Å². The summed E-state index contributed by atoms with van der Waals surface area (Å²) in [6.45, 7) is 4.77. The van der Waals surface area contributed by atoms with E-state index in [1.807, 2.05) is 37.3 Å². The van der Waals surface area contributed by atoms with E-state index >= 15 is 0 Å². The molecule has 0 atom stereocenters. The van der Waals surface area contributed by atoms with Crippen LogP contribution in [0.1, 0.15) is 5.56 Å². The topological polar surface area (TPSA) is 67.4 Å². The normalized spacial score (nSPS) is 14.2. The van der Waals surface area contributed by atoms with Crippen LogP contribution in [0.5, 0.6) is 0 Å². The fourth-order valence-electron chi connectivity index (χ4n) is 3.10. The summed E-state index contributed by atoms with van der Waals surface area (Å²) in [5.41, 5.74) is 3.35. The highest BCUT2D eigenvalue weighted by Crippen LogP contribution is 2.30. The summed E-state index contributed by atoms with van der Waals surface area (Å²) in [5.74, 6) is 0.933. The van der Waals surface area contributed by atoms with Gasteiger partial charge in [-0.05, 0) is 36.8 Å². The van der Waals surface area contributed by atoms with Crippen LogP contribution >= 0.6 is 23.4 Å². The first kappa shape index (κ1) is 19.9. The number of aromatic nitrogens is 2. The number of amides is 1. The second-order valence-corrected chi connectivity index (χ2v) is 8.14. The largest absolute Gasteiger partial charge is 0.378 e. The Morgan fingerprint density at radius 2 is 1.90 bits per heavy atom. The van der Waals surface area contributed by atoms with Gasteiger partial charge in [0.2, 0.25) is 5.91 Å². The average molecular weight is 429 g/mol. The van der Waals surface area contributed by atoms with Gasteiger partial charge in [0, 0.05) is 23.8 Å². The second-order valence-electron chi connectivity index (χ2n) is 6.74. The number of morpholine rings is 1. The van der Waals surface area contributed by atoms with E-state index < -0.39 is 0 Å². The highest BCUT2D eigenvalue weighted by atomic mass is 35.5. The van der Waals surface area contributed by atoms with Crippen LogP contribution in [0.3, 0.4) is 0 Å². The van der Waals surface area contributed by atoms with Gasteiger partial charge in [-0.2, -0.15) is 0 Å². The Morgan fingerprint density at radius 1 is 1.17 bits per heavy atom. The predicted molar refractivity (Wildman–Crippen MR) is 118 cm³/mol. The van der Waals surface area contributed by atoms with Crippen molar-refractivity contribution in [1.82, 2.24) is 9.97 Å². The van der Waals surface area contributed by atoms with Gasteiger partial charge < -0.3 is 15.0 Å². The number of rotatable bonds is 5. The maximum atomic E-state index is 12.5. The number of nitrogens with one attached hydrogen (secondary N) is 1. The Hall–Kier alpha value is -2.35. The van der Waals surface area contributed by atoms with Gasteiger partial charge in [0.25, 0.3) is 0 Å². The fraction of sp³-hybridized carbons (Fsp3) is 0.286. The third-order valence-corrected chi connectivity index (χ3v) is 5.83. The molecule has 1 N–H and O–H groups in total. The molecule has 2 aromatic carbocycles. The third kappa shape index (κ3) is 4.80. The average Bonchev–Trinajstić information content (AvgIpc) is 2.75. The molecule has 150 valence electrons. The van der Waals surface area contributed by atoms with Crippen LogP contribution in [0.4, 0.5) is 11.5 Å². The van der Waals surface area contributed by atoms with Crippen molar-refractivity contribution in [2.45, 2.75) is 11.9 Å². The maximum absolute atomic E-state index is 12.5. The Morgan fingerprint density at radius 3 is 2.66 bits per heavy atom. The van der Waals surface area contributed by atoms with Crippen LogP contribution in [0.15, 0.2) is 47.5 Å². The number of carbonyl (C=O) groups is 1. The standard InChI is InChI=1S/C21H21ClN4O2S/c1-14-6-7-15(22)12-18(14)23-19(27)13-29-21-20(26-8-10-28-11-9-26)24-16-4-2-3-5-17(16)25-21/h2-7,12H,8-11,13H2,1H3,(H,23,27). The molecule has 1 saturated heterocycles. The summed E-state index contributed by atoms with van der Waals surface area (Å²) in [4.78, 5) is 24.3. The van der Waals surface area contributed by atoms with Gasteiger partial charge >= 0.3 is 0 Å². The SMILES string of the molecule is Cc1ccc(Cl)cc1NC(=O)CSc1nc2ccccc2nc1N1CCOCC1. The Kier molecular flexibility index (Phi) is 6.18. The predicted octanol–water partition coefficient (Wildman–Crippen LogP) is 4.16. The molecule has 1 aliphatic rings. The van der Waals surface area contributed by atoms with E-state index in [-0.39, 0.29) is 11.7 Å². The lowest BCUT2D eigenvalue weighted by molar-refractivity contribution is -0.113. The van der Waals surface area contributed by atoms with Crippen LogP contribution in [-0.4, -0.2) is 47.9 Å². The molecule has 6 nitrogen and oxygen atoms in total. The van der Waals surface area contributed by atoms with Gasteiger partial charge in [0.15, 0.2) is 5.82 Å². The number of thioether (sulfide) groups is 1. The van der Waals surface area contributed by atoms with Gasteiger partial charge in [-0.25, -0.2) is 9.97 Å². The van der Waals surface area contributed by atoms with Gasteiger partial charge in [-0.3, -0.25) is 4.79 Å². The molecule has 4 rings (SSSR count). The zero-order valence-corrected chi connectivity index (χ0v) is 17.6. The number of hydrogen-bond donors (Lipinski definition) is 1. The summed E-state index contributed by atoms with van der Waals surface area (Å²) in [6.07, 6.45) is 0. The molecule has 0 aliphatic carbocycles. The van der Waals surface area contributed by atoms with E-state index in [1.165, 1.54) is 11.8 Å². The van der Waals surface area contributed by atoms with Crippen molar-refractivity contribution in [3.8, 4) is 0 Å². The molecule has 8 heteroatoms. The minimum atomic E-state index is -0.108. The molecule has 2 heterocycles. The molecule has 0 unspecified atom stereocenters. The van der Waals surface area contributed by atoms with Crippen molar-refractivity contribution >= 4 is 51.8 Å². The molecular formula is C21H21ClN4O2S. The number of anilines is 2. The second kappa shape index (κ2) is 8.98. The van der Waals surface area contributed by atoms with Crippen LogP contribution in [0, 0.1) is 6.92 Å². The minimum absolute atomic E-state index is 0.108. The smallest absolute Gasteiger partial charge is 0.234 e. The Labute approximate surface area is 178 Å². The summed E-state index contributed by atoms with van der Waals surface area (Å²) >= 11 is 7.44. The maximum Gasteiger partial charge on any atom is 0.234 e. The summed E-state index contributed by atoms with van der Waals surface area (Å²) in [6, 6.07) is 13.2. The lowest BCUT2D eigenvalue weighted by atomic mass is 10.2. The molecule has 0 spiro atoms. The minimum Gasteiger partial charge on any atom is -0.378 e. The number of para-hydroxylation sites is 2. The van der Waals surface area contributed by atoms with Gasteiger partial charge in [0.1, 0.15) is 5.03 Å². The molecule has 1 amide bonds. The fourth-order valence-corrected chi connectivity index (χ4v) is 4.08. The summed E-state index contributed by atoms with van der Waals surface area (Å²) < 4.78 is 5.46. The first-order chi connectivity index (χ1) is 14.1. The molecular weight excluding hydrogens is 408 g/mol. The van der Waals surface area contributed by atoms with Crippen LogP contribution in [0.25, 0.3) is 11.0 Å². The first-order valence-corrected chi connectivity index (χ1v) is 10.7. The number of benzene rings is 2. The number of carbonyl (C=O) groups excluding carboxylic acids is 1. The lowest BCUT2D eigenvalue weighted by Gasteiger charge is -2.29. The number of hydrogen-bond acceptors (Lipinski definition) is 6. The quantitative estimate of drug-likeness (QED) is 0.615.